The molecule has 1 heterocycles. The van der Waals surface area contributed by atoms with Crippen LogP contribution in [0.1, 0.15) is 15.9 Å². The number of H-pyrrole nitrogens is 1. The van der Waals surface area contributed by atoms with Crippen molar-refractivity contribution < 1.29 is 4.79 Å². The number of amidine groups is 1. The molecule has 0 aliphatic rings. The number of aromatic amines is 1. The van der Waals surface area contributed by atoms with E-state index in [1.807, 2.05) is 0 Å². The number of nitrogens with two attached hydrogens (primary N) is 2. The second-order valence-electron chi connectivity index (χ2n) is 5.11. The van der Waals surface area contributed by atoms with Gasteiger partial charge in [-0.05, 0) is 17.7 Å². The Morgan fingerprint density at radius 3 is 2.59 bits per heavy atom. The first-order valence-corrected chi connectivity index (χ1v) is 8.87. The molecule has 0 radical (unpaired) electrons. The number of pyridine rings is 1. The summed E-state index contributed by atoms with van der Waals surface area (Å²) >= 11 is 7.02. The lowest BCUT2D eigenvalue weighted by Gasteiger charge is -2.14. The maximum atomic E-state index is 12.6. The molecule has 140 valence electrons. The fraction of sp³-hybridized carbons (Fsp3) is 0.125. The van der Waals surface area contributed by atoms with E-state index in [4.69, 9.17) is 23.3 Å². The van der Waals surface area contributed by atoms with Crippen molar-refractivity contribution in [1.82, 2.24) is 15.7 Å². The lowest BCUT2D eigenvalue weighted by Crippen LogP contribution is -2.33. The van der Waals surface area contributed by atoms with E-state index in [1.165, 1.54) is 7.05 Å². The molecule has 11 heteroatoms. The van der Waals surface area contributed by atoms with Crippen molar-refractivity contribution in [1.29, 1.82) is 5.26 Å². The minimum Gasteiger partial charge on any atom is -0.355 e. The molecular weight excluding hydrogens is 390 g/mol. The van der Waals surface area contributed by atoms with E-state index in [0.29, 0.717) is 10.6 Å². The maximum absolute atomic E-state index is 12.6. The van der Waals surface area contributed by atoms with Gasteiger partial charge in [-0.3, -0.25) is 9.59 Å². The van der Waals surface area contributed by atoms with E-state index in [2.05, 4.69) is 26.9 Å². The SMILES string of the molecule is CNC(=O)c1c(-c2ccc(Cl)cc2)c(C#N)c(SC/C(=N/N)NN)[nH]c1=O. The minimum absolute atomic E-state index is 0.133. The first-order chi connectivity index (χ1) is 13.0. The monoisotopic (exact) mass is 405 g/mol. The van der Waals surface area contributed by atoms with Crippen LogP contribution in [0.15, 0.2) is 39.2 Å². The van der Waals surface area contributed by atoms with E-state index in [0.717, 1.165) is 11.8 Å². The van der Waals surface area contributed by atoms with Gasteiger partial charge in [0.15, 0.2) is 0 Å². The lowest BCUT2D eigenvalue weighted by molar-refractivity contribution is 0.0962. The van der Waals surface area contributed by atoms with Crippen LogP contribution >= 0.6 is 23.4 Å². The summed E-state index contributed by atoms with van der Waals surface area (Å²) in [5, 5.41) is 16.3. The van der Waals surface area contributed by atoms with Crippen LogP contribution in [-0.4, -0.2) is 29.5 Å². The lowest BCUT2D eigenvalue weighted by atomic mass is 9.96. The van der Waals surface area contributed by atoms with Gasteiger partial charge in [0, 0.05) is 17.6 Å². The molecule has 0 atom stereocenters. The number of thioether (sulfide) groups is 1. The molecule has 2 aromatic rings. The molecule has 0 aliphatic carbocycles. The standard InChI is InChI=1S/C16H16ClN7O2S/c1-21-14(25)13-12(8-2-4-9(17)5-3-8)10(6-18)16(22-15(13)26)27-7-11(23-19)24-20/h2-5H,7,19-20H2,1H3,(H,21,25)(H,22,26)(H,23,24). The van der Waals surface area contributed by atoms with Gasteiger partial charge in [0.2, 0.25) is 0 Å². The van der Waals surface area contributed by atoms with Crippen molar-refractivity contribution in [3.05, 3.63) is 50.8 Å². The molecular formula is C16H16ClN7O2S. The van der Waals surface area contributed by atoms with Gasteiger partial charge in [-0.2, -0.15) is 10.4 Å². The van der Waals surface area contributed by atoms with Gasteiger partial charge in [0.1, 0.15) is 17.5 Å². The van der Waals surface area contributed by atoms with Gasteiger partial charge in [0.05, 0.1) is 16.3 Å². The van der Waals surface area contributed by atoms with Crippen LogP contribution in [0.4, 0.5) is 0 Å². The number of carbonyl (C=O) groups excluding carboxylic acids is 1. The zero-order valence-corrected chi connectivity index (χ0v) is 15.7. The molecule has 2 rings (SSSR count). The number of hydrazine groups is 1. The minimum atomic E-state index is -0.632. The molecule has 9 nitrogen and oxygen atoms in total. The molecule has 0 spiro atoms. The van der Waals surface area contributed by atoms with Crippen molar-refractivity contribution in [2.24, 2.45) is 16.8 Å². The third-order valence-electron chi connectivity index (χ3n) is 3.56. The highest BCUT2D eigenvalue weighted by Crippen LogP contribution is 2.32. The van der Waals surface area contributed by atoms with Crippen LogP contribution in [0.5, 0.6) is 0 Å². The van der Waals surface area contributed by atoms with Gasteiger partial charge in [-0.15, -0.1) is 0 Å². The highest BCUT2D eigenvalue weighted by Gasteiger charge is 2.24. The average molecular weight is 406 g/mol. The molecule has 0 fully saturated rings. The van der Waals surface area contributed by atoms with Crippen molar-refractivity contribution >= 4 is 35.1 Å². The topological polar surface area (TPSA) is 162 Å². The van der Waals surface area contributed by atoms with Gasteiger partial charge in [-0.25, -0.2) is 5.84 Å². The van der Waals surface area contributed by atoms with Gasteiger partial charge in [0.25, 0.3) is 11.5 Å². The summed E-state index contributed by atoms with van der Waals surface area (Å²) in [6, 6.07) is 8.54. The summed E-state index contributed by atoms with van der Waals surface area (Å²) in [6.45, 7) is 0. The molecule has 0 saturated heterocycles. The van der Waals surface area contributed by atoms with Crippen LogP contribution < -0.4 is 28.0 Å². The number of halogens is 1. The van der Waals surface area contributed by atoms with E-state index >= 15 is 0 Å². The number of rotatable bonds is 5. The number of benzene rings is 1. The van der Waals surface area contributed by atoms with E-state index < -0.39 is 11.5 Å². The number of amides is 1. The first kappa shape index (κ1) is 20.3. The first-order valence-electron chi connectivity index (χ1n) is 7.51. The smallest absolute Gasteiger partial charge is 0.262 e. The predicted molar refractivity (Wildman–Crippen MR) is 105 cm³/mol. The summed E-state index contributed by atoms with van der Waals surface area (Å²) in [4.78, 5) is 27.5. The molecule has 1 amide bonds. The normalized spacial score (nSPS) is 11.0. The zero-order valence-electron chi connectivity index (χ0n) is 14.2. The van der Waals surface area contributed by atoms with Gasteiger partial charge in [-0.1, -0.05) is 35.5 Å². The van der Waals surface area contributed by atoms with Crippen LogP contribution in [0.3, 0.4) is 0 Å². The summed E-state index contributed by atoms with van der Waals surface area (Å²) in [5.74, 6) is 10.3. The Bertz CT molecular complexity index is 980. The van der Waals surface area contributed by atoms with E-state index in [-0.39, 0.29) is 33.3 Å². The summed E-state index contributed by atoms with van der Waals surface area (Å²) < 4.78 is 0. The number of nitrogens with one attached hydrogen (secondary N) is 3. The molecule has 0 bridgehead atoms. The number of nitrogens with zero attached hydrogens (tertiary/aromatic N) is 2. The number of nitriles is 1. The van der Waals surface area contributed by atoms with Gasteiger partial charge < -0.3 is 21.6 Å². The third-order valence-corrected chi connectivity index (χ3v) is 4.82. The van der Waals surface area contributed by atoms with Crippen molar-refractivity contribution in [2.75, 3.05) is 12.8 Å². The second kappa shape index (κ2) is 9.09. The van der Waals surface area contributed by atoms with Crippen LogP contribution in [-0.2, 0) is 0 Å². The average Bonchev–Trinajstić information content (AvgIpc) is 2.68. The Hall–Kier alpha value is -3.00. The number of carbonyl (C=O) groups is 1. The van der Waals surface area contributed by atoms with Crippen molar-refractivity contribution in [2.45, 2.75) is 5.03 Å². The largest absolute Gasteiger partial charge is 0.355 e. The van der Waals surface area contributed by atoms with E-state index in [1.54, 1.807) is 24.3 Å². The Kier molecular flexibility index (Phi) is 6.84. The Morgan fingerprint density at radius 1 is 1.41 bits per heavy atom. The fourth-order valence-corrected chi connectivity index (χ4v) is 3.32. The molecule has 0 saturated carbocycles. The van der Waals surface area contributed by atoms with Crippen LogP contribution in [0.2, 0.25) is 5.02 Å². The summed E-state index contributed by atoms with van der Waals surface area (Å²) in [7, 11) is 1.40. The highest BCUT2D eigenvalue weighted by atomic mass is 35.5. The van der Waals surface area contributed by atoms with E-state index in [9.17, 15) is 14.9 Å². The zero-order chi connectivity index (χ0) is 20.0. The second-order valence-corrected chi connectivity index (χ2v) is 6.54. The molecule has 7 N–H and O–H groups in total. The molecule has 27 heavy (non-hydrogen) atoms. The Balaban J connectivity index is 2.72. The number of aromatic nitrogens is 1. The third kappa shape index (κ3) is 4.40. The van der Waals surface area contributed by atoms with Crippen molar-refractivity contribution in [3.63, 3.8) is 0 Å². The molecule has 0 unspecified atom stereocenters. The Labute approximate surface area is 163 Å². The van der Waals surface area contributed by atoms with Gasteiger partial charge >= 0.3 is 0 Å². The van der Waals surface area contributed by atoms with Crippen LogP contribution in [0, 0.1) is 11.3 Å². The summed E-state index contributed by atoms with van der Waals surface area (Å²) in [6.07, 6.45) is 0. The quantitative estimate of drug-likeness (QED) is 0.161. The maximum Gasteiger partial charge on any atom is 0.262 e. The number of hydrogen-bond acceptors (Lipinski definition) is 7. The highest BCUT2D eigenvalue weighted by molar-refractivity contribution is 8.00. The number of hydrogen-bond donors (Lipinski definition) is 5. The molecule has 1 aromatic carbocycles. The number of hydrazone groups is 1. The molecule has 0 aliphatic heterocycles. The Morgan fingerprint density at radius 2 is 2.07 bits per heavy atom. The van der Waals surface area contributed by atoms with Crippen LogP contribution in [0.25, 0.3) is 11.1 Å². The summed E-state index contributed by atoms with van der Waals surface area (Å²) in [5.41, 5.74) is 2.38. The van der Waals surface area contributed by atoms with Crippen molar-refractivity contribution in [3.8, 4) is 17.2 Å². The molecule has 1 aromatic heterocycles. The predicted octanol–water partition coefficient (Wildman–Crippen LogP) is 0.754. The fourth-order valence-electron chi connectivity index (χ4n) is 2.30.